The summed E-state index contributed by atoms with van der Waals surface area (Å²) in [5.74, 6) is 0.200. The summed E-state index contributed by atoms with van der Waals surface area (Å²) >= 11 is 1.94. The van der Waals surface area contributed by atoms with Crippen molar-refractivity contribution < 1.29 is 4.79 Å². The molecule has 0 bridgehead atoms. The second-order valence-corrected chi connectivity index (χ2v) is 6.44. The molecule has 0 spiro atoms. The average Bonchev–Trinajstić information content (AvgIpc) is 3.06. The molecule has 1 aromatic carbocycles. The van der Waals surface area contributed by atoms with Crippen LogP contribution in [0.1, 0.15) is 45.4 Å². The van der Waals surface area contributed by atoms with Crippen LogP contribution in [0.4, 0.5) is 5.69 Å². The maximum Gasteiger partial charge on any atom is 0.162 e. The molecule has 1 N–H and O–H groups in total. The number of thiophene rings is 1. The van der Waals surface area contributed by atoms with Gasteiger partial charge in [0.05, 0.1) is 0 Å². The van der Waals surface area contributed by atoms with Gasteiger partial charge < -0.3 is 5.32 Å². The Morgan fingerprint density at radius 1 is 1.25 bits per heavy atom. The van der Waals surface area contributed by atoms with Gasteiger partial charge in [-0.1, -0.05) is 6.92 Å². The third-order valence-electron chi connectivity index (χ3n) is 3.79. The van der Waals surface area contributed by atoms with Crippen LogP contribution >= 0.6 is 11.3 Å². The number of Topliss-reactive ketones (excluding diaryl/α,β-unsaturated/α-hetero) is 1. The molecule has 2 aromatic rings. The number of fused-ring (bicyclic) bond motifs is 1. The van der Waals surface area contributed by atoms with Gasteiger partial charge in [-0.2, -0.15) is 0 Å². The Morgan fingerprint density at radius 2 is 2.05 bits per heavy atom. The minimum Gasteiger partial charge on any atom is -0.380 e. The molecular weight excluding hydrogens is 266 g/mol. The zero-order valence-corrected chi connectivity index (χ0v) is 12.6. The number of carbonyl (C=O) groups is 1. The van der Waals surface area contributed by atoms with Crippen molar-refractivity contribution in [1.29, 1.82) is 0 Å². The number of hydrogen-bond acceptors (Lipinski definition) is 3. The van der Waals surface area contributed by atoms with E-state index in [1.165, 1.54) is 24.1 Å². The molecule has 2 nitrogen and oxygen atoms in total. The number of anilines is 1. The summed E-state index contributed by atoms with van der Waals surface area (Å²) < 4.78 is 0. The van der Waals surface area contributed by atoms with Gasteiger partial charge in [0.2, 0.25) is 0 Å². The van der Waals surface area contributed by atoms with Crippen molar-refractivity contribution in [2.75, 3.05) is 5.32 Å². The first-order valence-electron chi connectivity index (χ1n) is 7.24. The fraction of sp³-hybridized carbons (Fsp3) is 0.353. The molecule has 0 atom stereocenters. The summed E-state index contributed by atoms with van der Waals surface area (Å²) in [6.07, 6.45) is 4.39. The predicted molar refractivity (Wildman–Crippen MR) is 84.7 cm³/mol. The highest BCUT2D eigenvalue weighted by molar-refractivity contribution is 7.12. The Kier molecular flexibility index (Phi) is 3.88. The molecule has 0 saturated heterocycles. The van der Waals surface area contributed by atoms with Gasteiger partial charge in [0.1, 0.15) is 0 Å². The van der Waals surface area contributed by atoms with E-state index in [9.17, 15) is 4.79 Å². The smallest absolute Gasteiger partial charge is 0.162 e. The summed E-state index contributed by atoms with van der Waals surface area (Å²) in [4.78, 5) is 14.5. The van der Waals surface area contributed by atoms with Crippen molar-refractivity contribution in [3.05, 3.63) is 51.2 Å². The number of benzene rings is 1. The Hall–Kier alpha value is -1.61. The van der Waals surface area contributed by atoms with Crippen molar-refractivity contribution in [3.8, 4) is 0 Å². The quantitative estimate of drug-likeness (QED) is 0.823. The molecule has 1 aliphatic carbocycles. The predicted octanol–water partition coefficient (Wildman–Crippen LogP) is 4.44. The van der Waals surface area contributed by atoms with Gasteiger partial charge in [0, 0.05) is 34.0 Å². The van der Waals surface area contributed by atoms with Crippen LogP contribution in [0, 0.1) is 0 Å². The van der Waals surface area contributed by atoms with Gasteiger partial charge in [-0.3, -0.25) is 4.79 Å². The number of rotatable bonds is 5. The van der Waals surface area contributed by atoms with Gasteiger partial charge in [-0.15, -0.1) is 11.3 Å². The highest BCUT2D eigenvalue weighted by Gasteiger charge is 2.14. The van der Waals surface area contributed by atoms with Crippen LogP contribution in [-0.2, 0) is 19.4 Å². The molecule has 0 aliphatic heterocycles. The molecule has 1 aliphatic rings. The fourth-order valence-electron chi connectivity index (χ4n) is 2.65. The lowest BCUT2D eigenvalue weighted by Gasteiger charge is -2.06. The maximum absolute atomic E-state index is 11.6. The molecule has 1 aromatic heterocycles. The second kappa shape index (κ2) is 5.80. The van der Waals surface area contributed by atoms with E-state index >= 15 is 0 Å². The molecule has 1 heterocycles. The Bertz CT molecular complexity index is 591. The molecule has 3 heteroatoms. The first kappa shape index (κ1) is 13.4. The van der Waals surface area contributed by atoms with Gasteiger partial charge >= 0.3 is 0 Å². The molecule has 0 unspecified atom stereocenters. The highest BCUT2D eigenvalue weighted by atomic mass is 32.1. The van der Waals surface area contributed by atoms with E-state index in [0.717, 1.165) is 17.8 Å². The summed E-state index contributed by atoms with van der Waals surface area (Å²) in [5, 5.41) is 3.43. The molecule has 0 saturated carbocycles. The largest absolute Gasteiger partial charge is 0.380 e. The molecule has 0 amide bonds. The molecular formula is C17H19NOS. The standard InChI is InChI=1S/C17H19NOS/c1-2-16(19)12-6-8-14(9-7-12)18-11-15-10-13-4-3-5-17(13)20-15/h6-10,18H,2-5,11H2,1H3. The van der Waals surface area contributed by atoms with E-state index < -0.39 is 0 Å². The molecule has 20 heavy (non-hydrogen) atoms. The fourth-order valence-corrected chi connectivity index (χ4v) is 3.85. The van der Waals surface area contributed by atoms with Crippen LogP contribution in [-0.4, -0.2) is 5.78 Å². The minimum atomic E-state index is 0.200. The Labute approximate surface area is 123 Å². The van der Waals surface area contributed by atoms with E-state index in [1.807, 2.05) is 42.5 Å². The molecule has 0 fully saturated rings. The summed E-state index contributed by atoms with van der Waals surface area (Å²) in [5.41, 5.74) is 3.43. The number of aryl methyl sites for hydroxylation is 2. The van der Waals surface area contributed by atoms with E-state index in [0.29, 0.717) is 6.42 Å². The Balaban J connectivity index is 1.61. The first-order valence-corrected chi connectivity index (χ1v) is 8.05. The van der Waals surface area contributed by atoms with E-state index in [2.05, 4.69) is 11.4 Å². The number of carbonyl (C=O) groups excluding carboxylic acids is 1. The molecule has 3 rings (SSSR count). The number of nitrogens with one attached hydrogen (secondary N) is 1. The summed E-state index contributed by atoms with van der Waals surface area (Å²) in [6.45, 7) is 2.77. The van der Waals surface area contributed by atoms with Gasteiger partial charge in [0.25, 0.3) is 0 Å². The lowest BCUT2D eigenvalue weighted by atomic mass is 10.1. The van der Waals surface area contributed by atoms with Crippen molar-refractivity contribution >= 4 is 22.8 Å². The zero-order valence-electron chi connectivity index (χ0n) is 11.7. The van der Waals surface area contributed by atoms with Crippen LogP contribution in [0.2, 0.25) is 0 Å². The third-order valence-corrected chi connectivity index (χ3v) is 5.03. The normalized spacial score (nSPS) is 13.2. The van der Waals surface area contributed by atoms with Crippen LogP contribution < -0.4 is 5.32 Å². The monoisotopic (exact) mass is 285 g/mol. The lowest BCUT2D eigenvalue weighted by molar-refractivity contribution is 0.0988. The lowest BCUT2D eigenvalue weighted by Crippen LogP contribution is -1.99. The first-order chi connectivity index (χ1) is 9.76. The van der Waals surface area contributed by atoms with Gasteiger partial charge in [-0.25, -0.2) is 0 Å². The molecule has 104 valence electrons. The average molecular weight is 285 g/mol. The summed E-state index contributed by atoms with van der Waals surface area (Å²) in [7, 11) is 0. The number of hydrogen-bond donors (Lipinski definition) is 1. The van der Waals surface area contributed by atoms with Crippen molar-refractivity contribution in [2.24, 2.45) is 0 Å². The summed E-state index contributed by atoms with van der Waals surface area (Å²) in [6, 6.07) is 10.1. The third kappa shape index (κ3) is 2.78. The highest BCUT2D eigenvalue weighted by Crippen LogP contribution is 2.30. The van der Waals surface area contributed by atoms with Gasteiger partial charge in [-0.05, 0) is 55.2 Å². The van der Waals surface area contributed by atoms with E-state index in [1.54, 1.807) is 10.4 Å². The van der Waals surface area contributed by atoms with Crippen molar-refractivity contribution in [2.45, 2.75) is 39.2 Å². The van der Waals surface area contributed by atoms with E-state index in [4.69, 9.17) is 0 Å². The maximum atomic E-state index is 11.6. The minimum absolute atomic E-state index is 0.200. The topological polar surface area (TPSA) is 29.1 Å². The van der Waals surface area contributed by atoms with Crippen LogP contribution in [0.15, 0.2) is 30.3 Å². The second-order valence-electron chi connectivity index (χ2n) is 5.22. The van der Waals surface area contributed by atoms with Crippen LogP contribution in [0.25, 0.3) is 0 Å². The van der Waals surface area contributed by atoms with Crippen molar-refractivity contribution in [3.63, 3.8) is 0 Å². The van der Waals surface area contributed by atoms with Crippen LogP contribution in [0.3, 0.4) is 0 Å². The number of ketones is 1. The van der Waals surface area contributed by atoms with Gasteiger partial charge in [0.15, 0.2) is 5.78 Å². The molecule has 0 radical (unpaired) electrons. The Morgan fingerprint density at radius 3 is 2.75 bits per heavy atom. The van der Waals surface area contributed by atoms with Crippen LogP contribution in [0.5, 0.6) is 0 Å². The van der Waals surface area contributed by atoms with E-state index in [-0.39, 0.29) is 5.78 Å². The van der Waals surface area contributed by atoms with Crippen molar-refractivity contribution in [1.82, 2.24) is 0 Å². The SMILES string of the molecule is CCC(=O)c1ccc(NCc2cc3c(s2)CCC3)cc1. The zero-order chi connectivity index (χ0) is 13.9.